The summed E-state index contributed by atoms with van der Waals surface area (Å²) >= 11 is 0. The zero-order chi connectivity index (χ0) is 24.0. The number of para-hydroxylation sites is 2. The van der Waals surface area contributed by atoms with E-state index in [1.165, 1.54) is 43.9 Å². The first-order chi connectivity index (χ1) is 17.7. The Balaban J connectivity index is 1.44. The molecule has 8 rings (SSSR count). The van der Waals surface area contributed by atoms with Crippen LogP contribution in [0.2, 0.25) is 0 Å². The number of aryl methyl sites for hydroxylation is 2. The Morgan fingerprint density at radius 3 is 1.58 bits per heavy atom. The summed E-state index contributed by atoms with van der Waals surface area (Å²) in [5.41, 5.74) is 9.32. The first-order valence-electron chi connectivity index (χ1n) is 12.4. The second-order valence-corrected chi connectivity index (χ2v) is 9.95. The van der Waals surface area contributed by atoms with Gasteiger partial charge in [-0.2, -0.15) is 0 Å². The smallest absolute Gasteiger partial charge is 0.260 e. The lowest BCUT2D eigenvalue weighted by Gasteiger charge is -2.33. The number of benzene rings is 5. The average molecular weight is 463 g/mol. The number of ether oxygens (including phenoxy) is 2. The molecule has 5 aromatic carbocycles. The van der Waals surface area contributed by atoms with Gasteiger partial charge in [0.1, 0.15) is 23.0 Å². The standard InChI is InChI=1S/C32H22BNO2/c1-19-11-13-28-24(15-19)33-25-16-20(2)12-14-29(25)36-31-18-21(17-30(35-28)32(31)33)34-26-9-5-3-7-22(26)23-8-4-6-10-27(23)34/h3-18H,1-2H3. The largest absolute Gasteiger partial charge is 0.458 e. The summed E-state index contributed by atoms with van der Waals surface area (Å²) in [5, 5.41) is 2.47. The van der Waals surface area contributed by atoms with E-state index < -0.39 is 0 Å². The van der Waals surface area contributed by atoms with E-state index in [4.69, 9.17) is 9.47 Å². The third-order valence-corrected chi connectivity index (χ3v) is 7.61. The fourth-order valence-corrected chi connectivity index (χ4v) is 6.06. The lowest BCUT2D eigenvalue weighted by Crippen LogP contribution is -2.57. The number of hydrogen-bond acceptors (Lipinski definition) is 2. The van der Waals surface area contributed by atoms with Crippen molar-refractivity contribution in [3.63, 3.8) is 0 Å². The SMILES string of the molecule is Cc1ccc2c(c1)B1c3cc(C)ccc3Oc3cc(-n4c5ccccc5c5ccccc54)cc(c31)O2. The molecule has 4 heteroatoms. The summed E-state index contributed by atoms with van der Waals surface area (Å²) in [4.78, 5) is 0. The molecule has 0 aliphatic carbocycles. The molecular formula is C32H22BNO2. The molecule has 0 saturated heterocycles. The van der Waals surface area contributed by atoms with Crippen molar-refractivity contribution >= 4 is 44.9 Å². The fraction of sp³-hybridized carbons (Fsp3) is 0.0625. The molecule has 170 valence electrons. The van der Waals surface area contributed by atoms with Gasteiger partial charge in [0.05, 0.1) is 16.7 Å². The molecule has 2 aliphatic heterocycles. The maximum absolute atomic E-state index is 6.59. The molecule has 0 saturated carbocycles. The summed E-state index contributed by atoms with van der Waals surface area (Å²) in [6.45, 7) is 4.35. The molecule has 0 radical (unpaired) electrons. The van der Waals surface area contributed by atoms with E-state index in [-0.39, 0.29) is 6.71 Å². The summed E-state index contributed by atoms with van der Waals surface area (Å²) < 4.78 is 15.5. The van der Waals surface area contributed by atoms with Crippen molar-refractivity contribution in [3.8, 4) is 28.7 Å². The minimum atomic E-state index is 0.0782. The summed E-state index contributed by atoms with van der Waals surface area (Å²) in [6.07, 6.45) is 0. The average Bonchev–Trinajstić information content (AvgIpc) is 3.23. The molecule has 0 amide bonds. The van der Waals surface area contributed by atoms with Crippen molar-refractivity contribution in [3.05, 3.63) is 108 Å². The van der Waals surface area contributed by atoms with Crippen molar-refractivity contribution in [2.75, 3.05) is 0 Å². The topological polar surface area (TPSA) is 23.4 Å². The maximum atomic E-state index is 6.59. The minimum absolute atomic E-state index is 0.0782. The van der Waals surface area contributed by atoms with E-state index in [1.807, 2.05) is 0 Å². The van der Waals surface area contributed by atoms with Crippen LogP contribution < -0.4 is 25.9 Å². The third kappa shape index (κ3) is 2.64. The number of fused-ring (bicyclic) bond motifs is 7. The number of hydrogen-bond donors (Lipinski definition) is 0. The van der Waals surface area contributed by atoms with Gasteiger partial charge >= 0.3 is 0 Å². The maximum Gasteiger partial charge on any atom is 0.260 e. The van der Waals surface area contributed by atoms with E-state index in [9.17, 15) is 0 Å². The van der Waals surface area contributed by atoms with Crippen LogP contribution in [-0.4, -0.2) is 11.3 Å². The summed E-state index contributed by atoms with van der Waals surface area (Å²) in [5.74, 6) is 3.55. The van der Waals surface area contributed by atoms with Crippen LogP contribution in [0.25, 0.3) is 27.5 Å². The Kier molecular flexibility index (Phi) is 3.88. The van der Waals surface area contributed by atoms with Crippen LogP contribution in [0.1, 0.15) is 11.1 Å². The number of nitrogens with zero attached hydrogens (tertiary/aromatic N) is 1. The Labute approximate surface area is 209 Å². The molecule has 36 heavy (non-hydrogen) atoms. The third-order valence-electron chi connectivity index (χ3n) is 7.61. The van der Waals surface area contributed by atoms with Crippen molar-refractivity contribution in [1.82, 2.24) is 4.57 Å². The van der Waals surface area contributed by atoms with Crippen molar-refractivity contribution in [2.45, 2.75) is 13.8 Å². The highest BCUT2D eigenvalue weighted by atomic mass is 16.5. The molecule has 6 aromatic rings. The molecule has 0 unspecified atom stereocenters. The van der Waals surface area contributed by atoms with Crippen molar-refractivity contribution < 1.29 is 9.47 Å². The molecule has 0 atom stereocenters. The van der Waals surface area contributed by atoms with Gasteiger partial charge in [-0.25, -0.2) is 0 Å². The van der Waals surface area contributed by atoms with Gasteiger partial charge in [-0.05, 0) is 49.0 Å². The highest BCUT2D eigenvalue weighted by Crippen LogP contribution is 2.39. The van der Waals surface area contributed by atoms with E-state index in [2.05, 4.69) is 115 Å². The quantitative estimate of drug-likeness (QED) is 0.274. The second-order valence-electron chi connectivity index (χ2n) is 9.95. The van der Waals surface area contributed by atoms with Crippen LogP contribution in [0.4, 0.5) is 0 Å². The normalized spacial score (nSPS) is 13.1. The van der Waals surface area contributed by atoms with Gasteiger partial charge in [0, 0.05) is 28.4 Å². The predicted molar refractivity (Wildman–Crippen MR) is 148 cm³/mol. The zero-order valence-corrected chi connectivity index (χ0v) is 20.1. The van der Waals surface area contributed by atoms with Crippen LogP contribution in [-0.2, 0) is 0 Å². The molecular weight excluding hydrogens is 441 g/mol. The van der Waals surface area contributed by atoms with Crippen molar-refractivity contribution in [2.24, 2.45) is 0 Å². The highest BCUT2D eigenvalue weighted by Gasteiger charge is 2.40. The Morgan fingerprint density at radius 1 is 0.556 bits per heavy atom. The fourth-order valence-electron chi connectivity index (χ4n) is 6.06. The second kappa shape index (κ2) is 7.05. The summed E-state index contributed by atoms with van der Waals surface area (Å²) in [7, 11) is 0. The van der Waals surface area contributed by atoms with Crippen LogP contribution >= 0.6 is 0 Å². The predicted octanol–water partition coefficient (Wildman–Crippen LogP) is 6.13. The lowest BCUT2D eigenvalue weighted by molar-refractivity contribution is 0.464. The van der Waals surface area contributed by atoms with Gasteiger partial charge in [-0.1, -0.05) is 71.8 Å². The molecule has 0 bridgehead atoms. The Bertz CT molecular complexity index is 1750. The number of aromatic nitrogens is 1. The van der Waals surface area contributed by atoms with E-state index in [0.717, 1.165) is 34.1 Å². The monoisotopic (exact) mass is 463 g/mol. The van der Waals surface area contributed by atoms with Gasteiger partial charge in [-0.3, -0.25) is 0 Å². The molecule has 0 fully saturated rings. The molecule has 3 heterocycles. The van der Waals surface area contributed by atoms with Crippen LogP contribution in [0, 0.1) is 13.8 Å². The minimum Gasteiger partial charge on any atom is -0.458 e. The Morgan fingerprint density at radius 2 is 1.06 bits per heavy atom. The first-order valence-corrected chi connectivity index (χ1v) is 12.4. The zero-order valence-electron chi connectivity index (χ0n) is 20.1. The van der Waals surface area contributed by atoms with Crippen LogP contribution in [0.5, 0.6) is 23.0 Å². The number of rotatable bonds is 1. The van der Waals surface area contributed by atoms with Gasteiger partial charge in [0.25, 0.3) is 6.71 Å². The van der Waals surface area contributed by atoms with Crippen LogP contribution in [0.3, 0.4) is 0 Å². The van der Waals surface area contributed by atoms with E-state index >= 15 is 0 Å². The van der Waals surface area contributed by atoms with Gasteiger partial charge < -0.3 is 14.0 Å². The molecule has 0 N–H and O–H groups in total. The summed E-state index contributed by atoms with van der Waals surface area (Å²) in [6, 6.07) is 34.5. The Hall–Kier alpha value is -4.44. The van der Waals surface area contributed by atoms with Crippen LogP contribution in [0.15, 0.2) is 97.1 Å². The highest BCUT2D eigenvalue weighted by molar-refractivity contribution is 6.98. The van der Waals surface area contributed by atoms with Gasteiger partial charge in [0.2, 0.25) is 0 Å². The van der Waals surface area contributed by atoms with Crippen molar-refractivity contribution in [1.29, 1.82) is 0 Å². The lowest BCUT2D eigenvalue weighted by atomic mass is 9.34. The molecule has 1 aromatic heterocycles. The van der Waals surface area contributed by atoms with E-state index in [0.29, 0.717) is 0 Å². The molecule has 0 spiro atoms. The van der Waals surface area contributed by atoms with Gasteiger partial charge in [-0.15, -0.1) is 0 Å². The molecule has 2 aliphatic rings. The van der Waals surface area contributed by atoms with E-state index in [1.54, 1.807) is 0 Å². The first kappa shape index (κ1) is 19.8. The molecule has 3 nitrogen and oxygen atoms in total. The van der Waals surface area contributed by atoms with Gasteiger partial charge in [0.15, 0.2) is 0 Å².